The van der Waals surface area contributed by atoms with Crippen molar-refractivity contribution in [1.29, 1.82) is 0 Å². The van der Waals surface area contributed by atoms with E-state index in [2.05, 4.69) is 24.5 Å². The second-order valence-corrected chi connectivity index (χ2v) is 5.51. The molecule has 2 saturated heterocycles. The molecule has 3 atom stereocenters. The third kappa shape index (κ3) is 2.65. The molecule has 2 aliphatic heterocycles. The lowest BCUT2D eigenvalue weighted by Gasteiger charge is -2.37. The predicted molar refractivity (Wildman–Crippen MR) is 62.9 cm³/mol. The second-order valence-electron chi connectivity index (χ2n) is 4.48. The average Bonchev–Trinajstić information content (AvgIpc) is 2.67. The summed E-state index contributed by atoms with van der Waals surface area (Å²) in [6.07, 6.45) is 0. The van der Waals surface area contributed by atoms with E-state index >= 15 is 0 Å². The van der Waals surface area contributed by atoms with Crippen LogP contribution in [-0.2, 0) is 4.79 Å². The molecule has 0 bridgehead atoms. The molecular weight excluding hydrogens is 210 g/mol. The van der Waals surface area contributed by atoms with Crippen LogP contribution in [-0.4, -0.2) is 53.7 Å². The first-order valence-electron chi connectivity index (χ1n) is 5.53. The summed E-state index contributed by atoms with van der Waals surface area (Å²) in [5.74, 6) is 2.11. The number of hydrogen-bond acceptors (Lipinski definition) is 4. The van der Waals surface area contributed by atoms with E-state index in [1.54, 1.807) is 11.8 Å². The smallest absolute Gasteiger partial charge is 0.240 e. The first kappa shape index (κ1) is 11.2. The number of thioether (sulfide) groups is 1. The molecule has 0 aliphatic carbocycles. The summed E-state index contributed by atoms with van der Waals surface area (Å²) in [5.41, 5.74) is 0. The van der Waals surface area contributed by atoms with Crippen LogP contribution in [0.4, 0.5) is 0 Å². The standard InChI is InChI=1S/C10H19N3OS/c1-7-3-13(4-8(2)12-7)10(14)9-5-15-6-11-9/h7-9,11-12H,3-6H2,1-2H3/t7?,8?,9-/m1/s1. The number of piperazine rings is 1. The van der Waals surface area contributed by atoms with Crippen LogP contribution in [0.3, 0.4) is 0 Å². The number of rotatable bonds is 1. The number of nitrogens with one attached hydrogen (secondary N) is 2. The molecule has 2 aliphatic rings. The molecule has 2 fully saturated rings. The Morgan fingerprint density at radius 2 is 2.00 bits per heavy atom. The number of amides is 1. The molecule has 0 aromatic rings. The maximum atomic E-state index is 12.1. The van der Waals surface area contributed by atoms with Gasteiger partial charge in [-0.2, -0.15) is 0 Å². The van der Waals surface area contributed by atoms with E-state index in [4.69, 9.17) is 0 Å². The Balaban J connectivity index is 1.93. The Labute approximate surface area is 95.2 Å². The summed E-state index contributed by atoms with van der Waals surface area (Å²) in [6.45, 7) is 5.94. The fraction of sp³-hybridized carbons (Fsp3) is 0.900. The molecule has 5 heteroatoms. The number of carbonyl (C=O) groups is 1. The Morgan fingerprint density at radius 3 is 2.53 bits per heavy atom. The first-order chi connectivity index (χ1) is 7.16. The highest BCUT2D eigenvalue weighted by molar-refractivity contribution is 7.99. The fourth-order valence-corrected chi connectivity index (χ4v) is 3.21. The average molecular weight is 229 g/mol. The van der Waals surface area contributed by atoms with Crippen LogP contribution in [0.5, 0.6) is 0 Å². The molecule has 2 N–H and O–H groups in total. The van der Waals surface area contributed by atoms with Gasteiger partial charge in [-0.15, -0.1) is 11.8 Å². The van der Waals surface area contributed by atoms with Gasteiger partial charge in [0.05, 0.1) is 6.04 Å². The minimum Gasteiger partial charge on any atom is -0.338 e. The zero-order chi connectivity index (χ0) is 10.8. The summed E-state index contributed by atoms with van der Waals surface area (Å²) < 4.78 is 0. The Bertz CT molecular complexity index is 233. The van der Waals surface area contributed by atoms with E-state index < -0.39 is 0 Å². The van der Waals surface area contributed by atoms with Crippen molar-refractivity contribution < 1.29 is 4.79 Å². The summed E-state index contributed by atoms with van der Waals surface area (Å²) >= 11 is 1.80. The fourth-order valence-electron chi connectivity index (χ4n) is 2.28. The van der Waals surface area contributed by atoms with Gasteiger partial charge in [0.15, 0.2) is 0 Å². The third-order valence-corrected chi connectivity index (χ3v) is 3.82. The van der Waals surface area contributed by atoms with Gasteiger partial charge in [0, 0.05) is 36.8 Å². The van der Waals surface area contributed by atoms with E-state index in [1.807, 2.05) is 4.90 Å². The Hall–Kier alpha value is -0.260. The number of hydrogen-bond donors (Lipinski definition) is 2. The topological polar surface area (TPSA) is 44.4 Å². The van der Waals surface area contributed by atoms with E-state index in [9.17, 15) is 4.79 Å². The van der Waals surface area contributed by atoms with Crippen LogP contribution in [0.1, 0.15) is 13.8 Å². The molecular formula is C10H19N3OS. The third-order valence-electron chi connectivity index (χ3n) is 2.88. The quantitative estimate of drug-likeness (QED) is 0.657. The van der Waals surface area contributed by atoms with Crippen molar-refractivity contribution in [2.75, 3.05) is 24.7 Å². The highest BCUT2D eigenvalue weighted by atomic mass is 32.2. The minimum absolute atomic E-state index is 0.0486. The lowest BCUT2D eigenvalue weighted by molar-refractivity contribution is -0.134. The van der Waals surface area contributed by atoms with Crippen LogP contribution < -0.4 is 10.6 Å². The lowest BCUT2D eigenvalue weighted by Crippen LogP contribution is -2.58. The van der Waals surface area contributed by atoms with Crippen LogP contribution in [0.2, 0.25) is 0 Å². The first-order valence-corrected chi connectivity index (χ1v) is 6.68. The molecule has 86 valence electrons. The van der Waals surface area contributed by atoms with Gasteiger partial charge in [-0.3, -0.25) is 10.1 Å². The van der Waals surface area contributed by atoms with Crippen molar-refractivity contribution in [2.45, 2.75) is 32.0 Å². The van der Waals surface area contributed by atoms with Gasteiger partial charge in [0.25, 0.3) is 0 Å². The second kappa shape index (κ2) is 4.72. The minimum atomic E-state index is 0.0486. The number of carbonyl (C=O) groups excluding carboxylic acids is 1. The molecule has 2 unspecified atom stereocenters. The van der Waals surface area contributed by atoms with E-state index in [1.165, 1.54) is 0 Å². The lowest BCUT2D eigenvalue weighted by atomic mass is 10.1. The van der Waals surface area contributed by atoms with Crippen LogP contribution in [0.25, 0.3) is 0 Å². The summed E-state index contributed by atoms with van der Waals surface area (Å²) in [6, 6.07) is 0.867. The van der Waals surface area contributed by atoms with Crippen LogP contribution >= 0.6 is 11.8 Å². The molecule has 4 nitrogen and oxygen atoms in total. The zero-order valence-corrected chi connectivity index (χ0v) is 10.1. The molecule has 2 heterocycles. The molecule has 15 heavy (non-hydrogen) atoms. The zero-order valence-electron chi connectivity index (χ0n) is 9.32. The predicted octanol–water partition coefficient (Wildman–Crippen LogP) is -0.142. The van der Waals surface area contributed by atoms with Crippen molar-refractivity contribution in [1.82, 2.24) is 15.5 Å². The van der Waals surface area contributed by atoms with Gasteiger partial charge < -0.3 is 10.2 Å². The highest BCUT2D eigenvalue weighted by Crippen LogP contribution is 2.14. The Morgan fingerprint density at radius 1 is 1.33 bits per heavy atom. The van der Waals surface area contributed by atoms with Gasteiger partial charge in [0.2, 0.25) is 5.91 Å². The van der Waals surface area contributed by atoms with Gasteiger partial charge in [0.1, 0.15) is 0 Å². The van der Waals surface area contributed by atoms with Crippen molar-refractivity contribution >= 4 is 17.7 Å². The van der Waals surface area contributed by atoms with Crippen molar-refractivity contribution in [3.8, 4) is 0 Å². The SMILES string of the molecule is CC1CN(C(=O)[C@H]2CSCN2)CC(C)N1. The van der Waals surface area contributed by atoms with Crippen LogP contribution in [0, 0.1) is 0 Å². The molecule has 0 spiro atoms. The van der Waals surface area contributed by atoms with Crippen LogP contribution in [0.15, 0.2) is 0 Å². The molecule has 1 amide bonds. The van der Waals surface area contributed by atoms with Crippen molar-refractivity contribution in [3.05, 3.63) is 0 Å². The van der Waals surface area contributed by atoms with Gasteiger partial charge in [-0.25, -0.2) is 0 Å². The monoisotopic (exact) mass is 229 g/mol. The van der Waals surface area contributed by atoms with Crippen molar-refractivity contribution in [2.24, 2.45) is 0 Å². The van der Waals surface area contributed by atoms with Gasteiger partial charge >= 0.3 is 0 Å². The Kier molecular flexibility index (Phi) is 3.53. The molecule has 0 aromatic heterocycles. The van der Waals surface area contributed by atoms with E-state index in [0.717, 1.165) is 24.7 Å². The summed E-state index contributed by atoms with van der Waals surface area (Å²) in [5, 5.41) is 6.67. The van der Waals surface area contributed by atoms with E-state index in [-0.39, 0.29) is 11.9 Å². The summed E-state index contributed by atoms with van der Waals surface area (Å²) in [4.78, 5) is 14.1. The maximum Gasteiger partial charge on any atom is 0.240 e. The number of nitrogens with zero attached hydrogens (tertiary/aromatic N) is 1. The van der Waals surface area contributed by atoms with Gasteiger partial charge in [-0.1, -0.05) is 0 Å². The molecule has 2 rings (SSSR count). The largest absolute Gasteiger partial charge is 0.338 e. The molecule has 0 saturated carbocycles. The maximum absolute atomic E-state index is 12.1. The normalized spacial score (nSPS) is 36.9. The van der Waals surface area contributed by atoms with Crippen molar-refractivity contribution in [3.63, 3.8) is 0 Å². The van der Waals surface area contributed by atoms with Gasteiger partial charge in [-0.05, 0) is 13.8 Å². The summed E-state index contributed by atoms with van der Waals surface area (Å²) in [7, 11) is 0. The highest BCUT2D eigenvalue weighted by Gasteiger charge is 2.31. The molecule has 0 radical (unpaired) electrons. The van der Waals surface area contributed by atoms with E-state index in [0.29, 0.717) is 12.1 Å². The molecule has 0 aromatic carbocycles.